The van der Waals surface area contributed by atoms with Gasteiger partial charge in [-0.3, -0.25) is 24.6 Å². The molecule has 2 aromatic carbocycles. The summed E-state index contributed by atoms with van der Waals surface area (Å²) in [5.41, 5.74) is 1.31. The fourth-order valence-electron chi connectivity index (χ4n) is 5.77. The van der Waals surface area contributed by atoms with Gasteiger partial charge in [0.25, 0.3) is 11.8 Å². The highest BCUT2D eigenvalue weighted by molar-refractivity contribution is 9.10. The van der Waals surface area contributed by atoms with Gasteiger partial charge in [0.15, 0.2) is 0 Å². The van der Waals surface area contributed by atoms with E-state index < -0.39 is 34.7 Å². The summed E-state index contributed by atoms with van der Waals surface area (Å²) in [7, 11) is 0. The molecule has 2 aliphatic heterocycles. The van der Waals surface area contributed by atoms with Crippen LogP contribution in [0.4, 0.5) is 9.59 Å². The van der Waals surface area contributed by atoms with Crippen LogP contribution < -0.4 is 16.0 Å². The number of imide groups is 2. The number of rotatable bonds is 2. The molecule has 3 N–H and O–H groups in total. The molecule has 6 amide bonds. The van der Waals surface area contributed by atoms with Gasteiger partial charge < -0.3 is 15.4 Å². The maximum absolute atomic E-state index is 12.9. The summed E-state index contributed by atoms with van der Waals surface area (Å²) in [4.78, 5) is 61.2. The summed E-state index contributed by atoms with van der Waals surface area (Å²) in [6, 6.07) is 10.5. The number of hydrogen-bond donors (Lipinski definition) is 3. The zero-order chi connectivity index (χ0) is 29.0. The van der Waals surface area contributed by atoms with E-state index in [9.17, 15) is 24.0 Å². The lowest BCUT2D eigenvalue weighted by atomic mass is 9.92. The third-order valence-electron chi connectivity index (χ3n) is 7.42. The van der Waals surface area contributed by atoms with Gasteiger partial charge in [0.2, 0.25) is 0 Å². The maximum Gasteiger partial charge on any atom is 0.326 e. The van der Waals surface area contributed by atoms with E-state index in [1.807, 2.05) is 36.4 Å². The summed E-state index contributed by atoms with van der Waals surface area (Å²) < 4.78 is 7.14. The van der Waals surface area contributed by atoms with Gasteiger partial charge in [0, 0.05) is 8.95 Å². The van der Waals surface area contributed by atoms with Crippen molar-refractivity contribution in [3.63, 3.8) is 0 Å². The first kappa shape index (κ1) is 28.3. The molecule has 2 aliphatic carbocycles. The molecule has 40 heavy (non-hydrogen) atoms. The highest BCUT2D eigenvalue weighted by atomic mass is 79.9. The normalized spacial score (nSPS) is 24.4. The fraction of sp³-hybridized carbons (Fsp3) is 0.393. The number of esters is 1. The van der Waals surface area contributed by atoms with E-state index >= 15 is 0 Å². The third kappa shape index (κ3) is 4.91. The van der Waals surface area contributed by atoms with E-state index in [1.54, 1.807) is 20.8 Å². The summed E-state index contributed by atoms with van der Waals surface area (Å²) in [6.45, 7) is 4.84. The van der Waals surface area contributed by atoms with Crippen molar-refractivity contribution < 1.29 is 28.7 Å². The topological polar surface area (TPSA) is 134 Å². The minimum atomic E-state index is -1.06. The molecule has 0 radical (unpaired) electrons. The van der Waals surface area contributed by atoms with Crippen molar-refractivity contribution in [2.75, 3.05) is 6.54 Å². The van der Waals surface area contributed by atoms with Gasteiger partial charge >= 0.3 is 18.0 Å². The molecule has 12 heteroatoms. The Hall–Kier alpha value is -3.25. The molecule has 2 spiro atoms. The number of ether oxygens (including phenoxy) is 1. The van der Waals surface area contributed by atoms with Crippen LogP contribution in [0.1, 0.15) is 55.9 Å². The number of nitrogens with zero attached hydrogens (tertiary/aromatic N) is 1. The summed E-state index contributed by atoms with van der Waals surface area (Å²) in [5, 5.41) is 7.83. The van der Waals surface area contributed by atoms with E-state index in [0.29, 0.717) is 19.3 Å². The van der Waals surface area contributed by atoms with Crippen molar-refractivity contribution in [3.05, 3.63) is 67.6 Å². The number of halogens is 2. The van der Waals surface area contributed by atoms with Crippen LogP contribution in [0.15, 0.2) is 45.3 Å². The lowest BCUT2D eigenvalue weighted by Crippen LogP contribution is -2.43. The second-order valence-corrected chi connectivity index (χ2v) is 13.1. The fourth-order valence-corrected chi connectivity index (χ4v) is 6.58. The average Bonchev–Trinajstić information content (AvgIpc) is 3.54. The lowest BCUT2D eigenvalue weighted by molar-refractivity contribution is -0.157. The average molecular weight is 676 g/mol. The number of hydrogen-bond acceptors (Lipinski definition) is 6. The molecular weight excluding hydrogens is 648 g/mol. The largest absolute Gasteiger partial charge is 0.459 e. The summed E-state index contributed by atoms with van der Waals surface area (Å²) in [5.74, 6) is -1.23. The van der Waals surface area contributed by atoms with Gasteiger partial charge in [-0.1, -0.05) is 44.0 Å². The minimum absolute atomic E-state index is 0.237. The number of fused-ring (bicyclic) bond motifs is 4. The predicted molar refractivity (Wildman–Crippen MR) is 151 cm³/mol. The van der Waals surface area contributed by atoms with Gasteiger partial charge in [-0.05, 0) is 93.0 Å². The number of amides is 6. The smallest absolute Gasteiger partial charge is 0.326 e. The van der Waals surface area contributed by atoms with Crippen molar-refractivity contribution in [1.29, 1.82) is 0 Å². The maximum atomic E-state index is 12.9. The van der Waals surface area contributed by atoms with E-state index in [4.69, 9.17) is 4.74 Å². The van der Waals surface area contributed by atoms with Crippen molar-refractivity contribution in [1.82, 2.24) is 20.9 Å². The van der Waals surface area contributed by atoms with Crippen LogP contribution in [0, 0.1) is 0 Å². The van der Waals surface area contributed by atoms with E-state index in [0.717, 1.165) is 42.5 Å². The standard InChI is InChI=1S/C17H19BrN2O4.C11H9BrN2O2/c1-16(2,3)24-13(21)9-20-14(22)17(19-15(20)23)7-6-10-8-11(18)4-5-12(10)17;12-7-1-2-8-6(5-7)3-4-11(8)9(15)13-10(16)14-11/h4-5,8H,6-7,9H2,1-3H3,(H,19,23);1-2,5H,3-4H2,(H2,13,14,15,16). The third-order valence-corrected chi connectivity index (χ3v) is 8.40. The van der Waals surface area contributed by atoms with Gasteiger partial charge in [0.1, 0.15) is 23.2 Å². The summed E-state index contributed by atoms with van der Waals surface area (Å²) in [6.07, 6.45) is 2.63. The highest BCUT2D eigenvalue weighted by Crippen LogP contribution is 2.42. The molecule has 0 aromatic heterocycles. The number of aryl methyl sites for hydroxylation is 2. The molecule has 0 bridgehead atoms. The van der Waals surface area contributed by atoms with Crippen molar-refractivity contribution in [2.24, 2.45) is 0 Å². The molecule has 6 rings (SSSR count). The molecule has 2 fully saturated rings. The van der Waals surface area contributed by atoms with E-state index in [1.165, 1.54) is 0 Å². The van der Waals surface area contributed by atoms with Crippen molar-refractivity contribution in [2.45, 2.75) is 63.1 Å². The van der Waals surface area contributed by atoms with Crippen LogP contribution in [0.3, 0.4) is 0 Å². The SMILES string of the molecule is CC(C)(C)OC(=O)CN1C(=O)NC2(CCc3cc(Br)ccc32)C1=O.O=C1NC(=O)C2(CCc3cc(Br)ccc32)N1. The molecular formula is C28H28Br2N4O6. The summed E-state index contributed by atoms with van der Waals surface area (Å²) >= 11 is 6.82. The number of carbonyl (C=O) groups is 5. The number of benzene rings is 2. The Bertz CT molecular complexity index is 1470. The van der Waals surface area contributed by atoms with Crippen molar-refractivity contribution in [3.8, 4) is 0 Å². The Labute approximate surface area is 247 Å². The first-order valence-electron chi connectivity index (χ1n) is 12.8. The van der Waals surface area contributed by atoms with Gasteiger partial charge in [-0.25, -0.2) is 9.59 Å². The van der Waals surface area contributed by atoms with Crippen LogP contribution in [0.25, 0.3) is 0 Å². The molecule has 2 unspecified atom stereocenters. The number of urea groups is 2. The van der Waals surface area contributed by atoms with E-state index in [2.05, 4.69) is 47.8 Å². The van der Waals surface area contributed by atoms with Crippen molar-refractivity contribution >= 4 is 61.7 Å². The molecule has 2 saturated heterocycles. The van der Waals surface area contributed by atoms with Gasteiger partial charge in [-0.15, -0.1) is 0 Å². The second-order valence-electron chi connectivity index (χ2n) is 11.2. The molecule has 10 nitrogen and oxygen atoms in total. The molecule has 0 saturated carbocycles. The van der Waals surface area contributed by atoms with Crippen LogP contribution >= 0.6 is 31.9 Å². The van der Waals surface area contributed by atoms with Crippen LogP contribution in [-0.2, 0) is 43.0 Å². The predicted octanol–water partition coefficient (Wildman–Crippen LogP) is 3.91. The molecule has 210 valence electrons. The lowest BCUT2D eigenvalue weighted by Gasteiger charge is -2.23. The minimum Gasteiger partial charge on any atom is -0.459 e. The molecule has 2 aromatic rings. The van der Waals surface area contributed by atoms with Crippen LogP contribution in [-0.4, -0.2) is 46.9 Å². The molecule has 2 heterocycles. The van der Waals surface area contributed by atoms with Crippen LogP contribution in [0.2, 0.25) is 0 Å². The monoisotopic (exact) mass is 674 g/mol. The zero-order valence-corrected chi connectivity index (χ0v) is 25.3. The molecule has 2 atom stereocenters. The van der Waals surface area contributed by atoms with Gasteiger partial charge in [0.05, 0.1) is 0 Å². The number of carbonyl (C=O) groups excluding carboxylic acids is 5. The highest BCUT2D eigenvalue weighted by Gasteiger charge is 2.56. The molecule has 4 aliphatic rings. The Morgan fingerprint density at radius 3 is 1.98 bits per heavy atom. The van der Waals surface area contributed by atoms with Crippen LogP contribution in [0.5, 0.6) is 0 Å². The Kier molecular flexibility index (Phi) is 7.06. The van der Waals surface area contributed by atoms with E-state index in [-0.39, 0.29) is 18.4 Å². The van der Waals surface area contributed by atoms with Gasteiger partial charge in [-0.2, -0.15) is 0 Å². The Morgan fingerprint density at radius 2 is 1.45 bits per heavy atom. The first-order valence-corrected chi connectivity index (χ1v) is 14.4. The Balaban J connectivity index is 0.000000174. The number of nitrogens with one attached hydrogen (secondary N) is 3. The zero-order valence-electron chi connectivity index (χ0n) is 22.2. The Morgan fingerprint density at radius 1 is 0.900 bits per heavy atom. The second kappa shape index (κ2) is 9.99. The first-order chi connectivity index (χ1) is 18.7. The quantitative estimate of drug-likeness (QED) is 0.327.